The van der Waals surface area contributed by atoms with Crippen LogP contribution in [-0.2, 0) is 14.3 Å². The molecule has 2 rings (SSSR count). The number of ether oxygens (including phenoxy) is 1. The summed E-state index contributed by atoms with van der Waals surface area (Å²) in [5.41, 5.74) is 0. The van der Waals surface area contributed by atoms with Crippen molar-refractivity contribution in [1.29, 1.82) is 0 Å². The van der Waals surface area contributed by atoms with Gasteiger partial charge in [0.1, 0.15) is 4.32 Å². The number of nitrogens with zero attached hydrogens (tertiary/aromatic N) is 1. The number of carbonyl (C=O) groups excluding carboxylic acids is 2. The second kappa shape index (κ2) is 7.01. The van der Waals surface area contributed by atoms with Crippen molar-refractivity contribution in [2.75, 3.05) is 13.2 Å². The Morgan fingerprint density at radius 2 is 2.35 bits per heavy atom. The van der Waals surface area contributed by atoms with Crippen LogP contribution in [0.1, 0.15) is 18.2 Å². The molecule has 0 aliphatic carbocycles. The Hall–Kier alpha value is -1.18. The number of carbonyl (C=O) groups is 2. The number of thioether (sulfide) groups is 1. The van der Waals surface area contributed by atoms with Crippen molar-refractivity contribution in [3.8, 4) is 0 Å². The maximum atomic E-state index is 12.2. The lowest BCUT2D eigenvalue weighted by Crippen LogP contribution is -2.30. The molecule has 1 fully saturated rings. The Balaban J connectivity index is 2.00. The van der Waals surface area contributed by atoms with Crippen LogP contribution in [0, 0.1) is 0 Å². The maximum absolute atomic E-state index is 12.2. The van der Waals surface area contributed by atoms with E-state index in [0.29, 0.717) is 15.8 Å². The number of thiophene rings is 1. The molecule has 7 heteroatoms. The molecule has 106 valence electrons. The summed E-state index contributed by atoms with van der Waals surface area (Å²) in [6.45, 7) is 2.36. The minimum absolute atomic E-state index is 0.141. The zero-order chi connectivity index (χ0) is 14.5. The fourth-order valence-corrected chi connectivity index (χ4v) is 3.66. The van der Waals surface area contributed by atoms with Crippen molar-refractivity contribution in [1.82, 2.24) is 4.90 Å². The van der Waals surface area contributed by atoms with Crippen molar-refractivity contribution in [3.05, 3.63) is 27.3 Å². The third-order valence-electron chi connectivity index (χ3n) is 2.53. The standard InChI is InChI=1S/C13H13NO3S3/c1-2-17-11(15)5-6-14-12(16)10(20-13(14)18)8-9-4-3-7-19-9/h3-4,7-8H,2,5-6H2,1H3/b10-8+. The summed E-state index contributed by atoms with van der Waals surface area (Å²) in [5.74, 6) is -0.457. The lowest BCUT2D eigenvalue weighted by molar-refractivity contribution is -0.143. The van der Waals surface area contributed by atoms with Gasteiger partial charge in [-0.15, -0.1) is 11.3 Å². The molecular formula is C13H13NO3S3. The molecule has 20 heavy (non-hydrogen) atoms. The molecule has 2 heterocycles. The minimum atomic E-state index is -0.316. The van der Waals surface area contributed by atoms with E-state index in [1.807, 2.05) is 23.6 Å². The fourth-order valence-electron chi connectivity index (χ4n) is 1.63. The van der Waals surface area contributed by atoms with Crippen LogP contribution >= 0.6 is 35.3 Å². The van der Waals surface area contributed by atoms with E-state index in [9.17, 15) is 9.59 Å². The minimum Gasteiger partial charge on any atom is -0.466 e. The molecule has 1 aromatic rings. The second-order valence-corrected chi connectivity index (χ2v) is 6.56. The average molecular weight is 327 g/mol. The molecule has 0 unspecified atom stereocenters. The number of esters is 1. The highest BCUT2D eigenvalue weighted by Gasteiger charge is 2.32. The average Bonchev–Trinajstić information content (AvgIpc) is 2.99. The predicted molar refractivity (Wildman–Crippen MR) is 85.4 cm³/mol. The van der Waals surface area contributed by atoms with Gasteiger partial charge in [-0.1, -0.05) is 30.0 Å². The van der Waals surface area contributed by atoms with E-state index in [1.165, 1.54) is 16.7 Å². The van der Waals surface area contributed by atoms with Crippen LogP contribution in [0.25, 0.3) is 6.08 Å². The van der Waals surface area contributed by atoms with E-state index in [0.717, 1.165) is 4.88 Å². The van der Waals surface area contributed by atoms with Gasteiger partial charge >= 0.3 is 5.97 Å². The van der Waals surface area contributed by atoms with E-state index < -0.39 is 0 Å². The molecule has 0 atom stereocenters. The summed E-state index contributed by atoms with van der Waals surface area (Å²) in [6, 6.07) is 3.87. The molecule has 0 N–H and O–H groups in total. The Bertz CT molecular complexity index is 551. The van der Waals surface area contributed by atoms with Crippen LogP contribution in [0.15, 0.2) is 22.4 Å². The summed E-state index contributed by atoms with van der Waals surface area (Å²) >= 11 is 8.02. The van der Waals surface area contributed by atoms with E-state index in [-0.39, 0.29) is 24.8 Å². The van der Waals surface area contributed by atoms with Gasteiger partial charge in [0.25, 0.3) is 5.91 Å². The van der Waals surface area contributed by atoms with Crippen molar-refractivity contribution in [2.45, 2.75) is 13.3 Å². The van der Waals surface area contributed by atoms with Crippen LogP contribution in [0.3, 0.4) is 0 Å². The summed E-state index contributed by atoms with van der Waals surface area (Å²) in [4.78, 5) is 26.6. The summed E-state index contributed by atoms with van der Waals surface area (Å²) in [5, 5.41) is 1.95. The molecule has 0 aromatic carbocycles. The molecule has 4 nitrogen and oxygen atoms in total. The molecular weight excluding hydrogens is 314 g/mol. The zero-order valence-electron chi connectivity index (χ0n) is 10.8. The highest BCUT2D eigenvalue weighted by molar-refractivity contribution is 8.26. The molecule has 0 bridgehead atoms. The lowest BCUT2D eigenvalue weighted by Gasteiger charge is -2.13. The Kier molecular flexibility index (Phi) is 5.33. The predicted octanol–water partition coefficient (Wildman–Crippen LogP) is 2.90. The summed E-state index contributed by atoms with van der Waals surface area (Å²) in [7, 11) is 0. The van der Waals surface area contributed by atoms with Crippen LogP contribution in [0.2, 0.25) is 0 Å². The molecule has 0 spiro atoms. The van der Waals surface area contributed by atoms with Gasteiger partial charge in [-0.25, -0.2) is 0 Å². The summed E-state index contributed by atoms with van der Waals surface area (Å²) < 4.78 is 5.33. The first-order valence-corrected chi connectivity index (χ1v) is 8.16. The van der Waals surface area contributed by atoms with Gasteiger partial charge in [-0.2, -0.15) is 0 Å². The Labute approximate surface area is 130 Å². The van der Waals surface area contributed by atoms with E-state index in [4.69, 9.17) is 17.0 Å². The second-order valence-electron chi connectivity index (χ2n) is 3.90. The SMILES string of the molecule is CCOC(=O)CCN1C(=O)/C(=C\c2cccs2)SC1=S. The number of hydrogen-bond donors (Lipinski definition) is 0. The topological polar surface area (TPSA) is 46.6 Å². The van der Waals surface area contributed by atoms with Crippen LogP contribution in [0.5, 0.6) is 0 Å². The maximum Gasteiger partial charge on any atom is 0.307 e. The first kappa shape index (κ1) is 15.2. The summed E-state index contributed by atoms with van der Waals surface area (Å²) in [6.07, 6.45) is 1.99. The fraction of sp³-hybridized carbons (Fsp3) is 0.308. The van der Waals surface area contributed by atoms with Gasteiger partial charge in [0.05, 0.1) is 17.9 Å². The normalized spacial score (nSPS) is 17.1. The van der Waals surface area contributed by atoms with Gasteiger partial charge in [0, 0.05) is 11.4 Å². The van der Waals surface area contributed by atoms with Crippen molar-refractivity contribution < 1.29 is 14.3 Å². The molecule has 1 aromatic heterocycles. The molecule has 1 saturated heterocycles. The Morgan fingerprint density at radius 1 is 1.55 bits per heavy atom. The number of thiocarbonyl (C=S) groups is 1. The number of rotatable bonds is 5. The third-order valence-corrected chi connectivity index (χ3v) is 4.73. The highest BCUT2D eigenvalue weighted by atomic mass is 32.2. The monoisotopic (exact) mass is 327 g/mol. The molecule has 1 amide bonds. The van der Waals surface area contributed by atoms with Crippen LogP contribution in [-0.4, -0.2) is 34.2 Å². The van der Waals surface area contributed by atoms with E-state index in [1.54, 1.807) is 18.3 Å². The molecule has 0 saturated carbocycles. The number of amides is 1. The molecule has 1 aliphatic rings. The third kappa shape index (κ3) is 3.68. The van der Waals surface area contributed by atoms with Gasteiger partial charge in [0.15, 0.2) is 0 Å². The highest BCUT2D eigenvalue weighted by Crippen LogP contribution is 2.33. The first-order chi connectivity index (χ1) is 9.61. The first-order valence-electron chi connectivity index (χ1n) is 6.06. The molecule has 0 radical (unpaired) electrons. The molecule has 1 aliphatic heterocycles. The Morgan fingerprint density at radius 3 is 3.00 bits per heavy atom. The van der Waals surface area contributed by atoms with Crippen LogP contribution in [0.4, 0.5) is 0 Å². The van der Waals surface area contributed by atoms with Gasteiger partial charge in [0.2, 0.25) is 0 Å². The number of hydrogen-bond acceptors (Lipinski definition) is 6. The van der Waals surface area contributed by atoms with Gasteiger partial charge < -0.3 is 4.74 Å². The quantitative estimate of drug-likeness (QED) is 0.473. The van der Waals surface area contributed by atoms with Crippen molar-refractivity contribution >= 4 is 57.6 Å². The van der Waals surface area contributed by atoms with Crippen molar-refractivity contribution in [3.63, 3.8) is 0 Å². The lowest BCUT2D eigenvalue weighted by atomic mass is 10.3. The van der Waals surface area contributed by atoms with Crippen molar-refractivity contribution in [2.24, 2.45) is 0 Å². The smallest absolute Gasteiger partial charge is 0.307 e. The van der Waals surface area contributed by atoms with Crippen LogP contribution < -0.4 is 0 Å². The largest absolute Gasteiger partial charge is 0.466 e. The van der Waals surface area contributed by atoms with Gasteiger partial charge in [-0.05, 0) is 24.4 Å². The van der Waals surface area contributed by atoms with E-state index in [2.05, 4.69) is 0 Å². The van der Waals surface area contributed by atoms with E-state index >= 15 is 0 Å². The van der Waals surface area contributed by atoms with Gasteiger partial charge in [-0.3, -0.25) is 14.5 Å². The zero-order valence-corrected chi connectivity index (χ0v) is 13.3.